The average molecular weight is 498 g/mol. The summed E-state index contributed by atoms with van der Waals surface area (Å²) in [6.07, 6.45) is -11.5. The second-order valence-electron chi connectivity index (χ2n) is 9.01. The third-order valence-corrected chi connectivity index (χ3v) is 5.60. The first-order valence-corrected chi connectivity index (χ1v) is 11.1. The SMILES string of the molecule is CC(=O)CCCC(=O)NC(C(C)O)C(O)OC(CO)C(C)(C)OC1OC(CO)C(O)C(O)C1O. The van der Waals surface area contributed by atoms with E-state index in [0.717, 1.165) is 0 Å². The van der Waals surface area contributed by atoms with E-state index < -0.39 is 80.0 Å². The average Bonchev–Trinajstić information content (AvgIpc) is 2.75. The third kappa shape index (κ3) is 8.75. The van der Waals surface area contributed by atoms with Crippen molar-refractivity contribution in [3.8, 4) is 0 Å². The van der Waals surface area contributed by atoms with Crippen molar-refractivity contribution in [3.63, 3.8) is 0 Å². The summed E-state index contributed by atoms with van der Waals surface area (Å²) in [6.45, 7) is 4.22. The van der Waals surface area contributed by atoms with Gasteiger partial charge in [0, 0.05) is 12.8 Å². The Kier molecular flexibility index (Phi) is 12.4. The largest absolute Gasteiger partial charge is 0.394 e. The van der Waals surface area contributed by atoms with Crippen molar-refractivity contribution in [1.29, 1.82) is 0 Å². The maximum atomic E-state index is 12.1. The molecule has 1 amide bonds. The maximum Gasteiger partial charge on any atom is 0.220 e. The van der Waals surface area contributed by atoms with Crippen molar-refractivity contribution in [2.45, 2.75) is 108 Å². The van der Waals surface area contributed by atoms with Crippen molar-refractivity contribution in [1.82, 2.24) is 5.32 Å². The van der Waals surface area contributed by atoms with E-state index in [1.165, 1.54) is 27.7 Å². The Morgan fingerprint density at radius 3 is 2.18 bits per heavy atom. The molecule has 9 unspecified atom stereocenters. The van der Waals surface area contributed by atoms with E-state index in [1.807, 2.05) is 0 Å². The highest BCUT2D eigenvalue weighted by Gasteiger charge is 2.47. The van der Waals surface area contributed by atoms with Gasteiger partial charge in [0.25, 0.3) is 0 Å². The minimum absolute atomic E-state index is 0.00926. The minimum atomic E-state index is -1.79. The predicted octanol–water partition coefficient (Wildman–Crippen LogP) is -3.10. The Labute approximate surface area is 198 Å². The molecular formula is C21H39NO12. The molecule has 1 saturated heterocycles. The van der Waals surface area contributed by atoms with Crippen LogP contribution in [0.2, 0.25) is 0 Å². The number of aliphatic hydroxyl groups is 7. The van der Waals surface area contributed by atoms with Crippen LogP contribution in [0.5, 0.6) is 0 Å². The second kappa shape index (κ2) is 13.7. The number of carbonyl (C=O) groups is 2. The van der Waals surface area contributed by atoms with Gasteiger partial charge in [-0.2, -0.15) is 0 Å². The quantitative estimate of drug-likeness (QED) is 0.112. The molecule has 0 aromatic rings. The summed E-state index contributed by atoms with van der Waals surface area (Å²) in [5.41, 5.74) is -1.47. The van der Waals surface area contributed by atoms with Gasteiger partial charge in [-0.1, -0.05) is 0 Å². The van der Waals surface area contributed by atoms with Crippen LogP contribution in [0.25, 0.3) is 0 Å². The Hall–Kier alpha value is -1.26. The Morgan fingerprint density at radius 2 is 1.68 bits per heavy atom. The molecule has 0 aromatic carbocycles. The van der Waals surface area contributed by atoms with Crippen LogP contribution in [0.4, 0.5) is 0 Å². The molecule has 200 valence electrons. The highest BCUT2D eigenvalue weighted by Crippen LogP contribution is 2.29. The first-order chi connectivity index (χ1) is 15.7. The summed E-state index contributed by atoms with van der Waals surface area (Å²) in [5.74, 6) is -0.595. The van der Waals surface area contributed by atoms with E-state index in [9.17, 15) is 45.3 Å². The standard InChI is InChI=1S/C21H39NO12/c1-10(25)6-5-7-14(27)22-15(11(2)26)19(31)33-13(9-24)21(3,4)34-20-18(30)17(29)16(28)12(8-23)32-20/h11-13,15-20,23-24,26,28-31H,5-9H2,1-4H3,(H,22,27). The summed E-state index contributed by atoms with van der Waals surface area (Å²) in [6, 6.07) is -1.28. The van der Waals surface area contributed by atoms with Crippen LogP contribution in [-0.4, -0.2) is 121 Å². The number of ether oxygens (including phenoxy) is 3. The van der Waals surface area contributed by atoms with E-state index in [0.29, 0.717) is 6.42 Å². The molecule has 34 heavy (non-hydrogen) atoms. The fraction of sp³-hybridized carbons (Fsp3) is 0.905. The summed E-state index contributed by atoms with van der Waals surface area (Å²) in [7, 11) is 0. The lowest BCUT2D eigenvalue weighted by Crippen LogP contribution is -2.62. The molecule has 13 nitrogen and oxygen atoms in total. The molecule has 0 aromatic heterocycles. The van der Waals surface area contributed by atoms with Gasteiger partial charge >= 0.3 is 0 Å². The molecule has 0 saturated carbocycles. The van der Waals surface area contributed by atoms with E-state index in [2.05, 4.69) is 5.32 Å². The zero-order valence-corrected chi connectivity index (χ0v) is 19.9. The van der Waals surface area contributed by atoms with Crippen LogP contribution in [0.15, 0.2) is 0 Å². The number of ketones is 1. The van der Waals surface area contributed by atoms with Crippen LogP contribution in [0, 0.1) is 0 Å². The molecule has 1 aliphatic heterocycles. The van der Waals surface area contributed by atoms with Crippen molar-refractivity contribution in [2.24, 2.45) is 0 Å². The Bertz CT molecular complexity index is 643. The summed E-state index contributed by atoms with van der Waals surface area (Å²) < 4.78 is 16.4. The number of aliphatic hydroxyl groups excluding tert-OH is 7. The molecule has 0 radical (unpaired) electrons. The molecule has 1 rings (SSSR count). The van der Waals surface area contributed by atoms with Crippen molar-refractivity contribution < 1.29 is 59.5 Å². The van der Waals surface area contributed by atoms with Crippen LogP contribution in [-0.2, 0) is 23.8 Å². The van der Waals surface area contributed by atoms with Gasteiger partial charge in [0.15, 0.2) is 12.6 Å². The van der Waals surface area contributed by atoms with Crippen LogP contribution < -0.4 is 5.32 Å². The number of Topliss-reactive ketones (excluding diaryl/α,β-unsaturated/α-hetero) is 1. The van der Waals surface area contributed by atoms with Gasteiger partial charge in [0.2, 0.25) is 5.91 Å². The predicted molar refractivity (Wildman–Crippen MR) is 115 cm³/mol. The molecule has 1 heterocycles. The number of amides is 1. The first kappa shape index (κ1) is 30.8. The molecule has 0 bridgehead atoms. The molecule has 13 heteroatoms. The summed E-state index contributed by atoms with van der Waals surface area (Å²) in [4.78, 5) is 23.1. The molecule has 1 aliphatic rings. The summed E-state index contributed by atoms with van der Waals surface area (Å²) in [5, 5.41) is 72.1. The monoisotopic (exact) mass is 497 g/mol. The van der Waals surface area contributed by atoms with Crippen molar-refractivity contribution in [3.05, 3.63) is 0 Å². The van der Waals surface area contributed by atoms with E-state index in [1.54, 1.807) is 0 Å². The highest BCUT2D eigenvalue weighted by molar-refractivity contribution is 5.78. The van der Waals surface area contributed by atoms with Crippen LogP contribution in [0.1, 0.15) is 47.0 Å². The highest BCUT2D eigenvalue weighted by atomic mass is 16.7. The Morgan fingerprint density at radius 1 is 1.06 bits per heavy atom. The van der Waals surface area contributed by atoms with Gasteiger partial charge < -0.3 is 60.1 Å². The molecule has 8 N–H and O–H groups in total. The number of nitrogens with one attached hydrogen (secondary N) is 1. The van der Waals surface area contributed by atoms with Gasteiger partial charge in [0.05, 0.1) is 24.9 Å². The lowest BCUT2D eigenvalue weighted by molar-refractivity contribution is -0.340. The molecule has 9 atom stereocenters. The lowest BCUT2D eigenvalue weighted by atomic mass is 9.97. The van der Waals surface area contributed by atoms with E-state index >= 15 is 0 Å². The Balaban J connectivity index is 2.84. The molecule has 0 aliphatic carbocycles. The minimum Gasteiger partial charge on any atom is -0.394 e. The van der Waals surface area contributed by atoms with E-state index in [-0.39, 0.29) is 18.6 Å². The van der Waals surface area contributed by atoms with Gasteiger partial charge in [0.1, 0.15) is 42.3 Å². The van der Waals surface area contributed by atoms with Crippen LogP contribution in [0.3, 0.4) is 0 Å². The second-order valence-corrected chi connectivity index (χ2v) is 9.01. The van der Waals surface area contributed by atoms with Gasteiger partial charge in [-0.3, -0.25) is 4.79 Å². The van der Waals surface area contributed by atoms with Crippen molar-refractivity contribution >= 4 is 11.7 Å². The van der Waals surface area contributed by atoms with E-state index in [4.69, 9.17) is 14.2 Å². The van der Waals surface area contributed by atoms with Gasteiger partial charge in [-0.05, 0) is 34.1 Å². The summed E-state index contributed by atoms with van der Waals surface area (Å²) >= 11 is 0. The topological polar surface area (TPSA) is 215 Å². The number of hydrogen-bond acceptors (Lipinski definition) is 12. The first-order valence-electron chi connectivity index (χ1n) is 11.1. The fourth-order valence-corrected chi connectivity index (χ4v) is 3.41. The fourth-order valence-electron chi connectivity index (χ4n) is 3.41. The zero-order chi connectivity index (χ0) is 26.2. The third-order valence-electron chi connectivity index (χ3n) is 5.60. The molecule has 0 spiro atoms. The lowest BCUT2D eigenvalue weighted by Gasteiger charge is -2.44. The van der Waals surface area contributed by atoms with Gasteiger partial charge in [-0.25, -0.2) is 0 Å². The molecular weight excluding hydrogens is 458 g/mol. The normalized spacial score (nSPS) is 29.2. The van der Waals surface area contributed by atoms with Crippen LogP contribution >= 0.6 is 0 Å². The molecule has 1 fully saturated rings. The number of carbonyl (C=O) groups excluding carboxylic acids is 2. The zero-order valence-electron chi connectivity index (χ0n) is 19.9. The maximum absolute atomic E-state index is 12.1. The smallest absolute Gasteiger partial charge is 0.220 e. The van der Waals surface area contributed by atoms with Crippen molar-refractivity contribution in [2.75, 3.05) is 13.2 Å². The number of hydrogen-bond donors (Lipinski definition) is 8. The van der Waals surface area contributed by atoms with Gasteiger partial charge in [-0.15, -0.1) is 0 Å². The number of rotatable bonds is 14.